The largest absolute Gasteiger partial charge is 0.382 e. The number of aromatic amines is 1. The molecule has 31 heavy (non-hydrogen) atoms. The molecular weight excluding hydrogens is 414 g/mol. The molecule has 0 radical (unpaired) electrons. The zero-order chi connectivity index (χ0) is 22.5. The minimum Gasteiger partial charge on any atom is -0.382 e. The van der Waals surface area contributed by atoms with Crippen molar-refractivity contribution in [3.8, 4) is 0 Å². The lowest BCUT2D eigenvalue weighted by Crippen LogP contribution is -2.23. The second-order valence-electron chi connectivity index (χ2n) is 7.06. The van der Waals surface area contributed by atoms with E-state index < -0.39 is 11.5 Å². The van der Waals surface area contributed by atoms with Gasteiger partial charge in [-0.25, -0.2) is 4.98 Å². The highest BCUT2D eigenvalue weighted by Gasteiger charge is 2.15. The molecule has 0 saturated heterocycles. The molecule has 2 amide bonds. The summed E-state index contributed by atoms with van der Waals surface area (Å²) in [5.41, 5.74) is 9.39. The van der Waals surface area contributed by atoms with Gasteiger partial charge >= 0.3 is 0 Å². The Morgan fingerprint density at radius 2 is 1.68 bits per heavy atom. The van der Waals surface area contributed by atoms with Crippen LogP contribution in [-0.4, -0.2) is 27.5 Å². The Morgan fingerprint density at radius 1 is 1.03 bits per heavy atom. The maximum absolute atomic E-state index is 12.4. The molecule has 1 aromatic heterocycles. The van der Waals surface area contributed by atoms with Gasteiger partial charge in [0, 0.05) is 11.3 Å². The second kappa shape index (κ2) is 9.48. The second-order valence-corrected chi connectivity index (χ2v) is 8.03. The number of benzene rings is 2. The number of nitrogens with two attached hydrogens (primary N) is 1. The number of amides is 2. The number of nitrogens with one attached hydrogen (secondary N) is 3. The first-order valence-electron chi connectivity index (χ1n) is 9.51. The van der Waals surface area contributed by atoms with Crippen LogP contribution in [0.1, 0.15) is 27.0 Å². The van der Waals surface area contributed by atoms with Crippen molar-refractivity contribution in [3.05, 3.63) is 75.1 Å². The zero-order valence-corrected chi connectivity index (χ0v) is 18.2. The molecule has 0 unspecified atom stereocenters. The van der Waals surface area contributed by atoms with Crippen LogP contribution < -0.4 is 21.9 Å². The van der Waals surface area contributed by atoms with Crippen molar-refractivity contribution >= 4 is 40.8 Å². The number of rotatable bonds is 6. The normalized spacial score (nSPS) is 10.5. The molecule has 2 aromatic carbocycles. The SMILES string of the molecule is Cc1cc(C)c(NC(=O)CSc2nc(N)c(NC(=O)c3ccccc3)c(=O)[nH]2)c(C)c1. The Labute approximate surface area is 183 Å². The number of aryl methyl sites for hydroxylation is 3. The topological polar surface area (TPSA) is 130 Å². The van der Waals surface area contributed by atoms with Gasteiger partial charge < -0.3 is 16.4 Å². The van der Waals surface area contributed by atoms with Gasteiger partial charge in [0.2, 0.25) is 5.91 Å². The number of carbonyl (C=O) groups excluding carboxylic acids is 2. The predicted octanol–water partition coefficient (Wildman–Crippen LogP) is 3.26. The Hall–Kier alpha value is -3.59. The summed E-state index contributed by atoms with van der Waals surface area (Å²) in [4.78, 5) is 43.7. The summed E-state index contributed by atoms with van der Waals surface area (Å²) in [7, 11) is 0. The highest BCUT2D eigenvalue weighted by atomic mass is 32.2. The van der Waals surface area contributed by atoms with Gasteiger partial charge in [-0.3, -0.25) is 19.4 Å². The minimum atomic E-state index is -0.593. The van der Waals surface area contributed by atoms with Gasteiger partial charge in [0.25, 0.3) is 11.5 Å². The van der Waals surface area contributed by atoms with E-state index in [1.807, 2.05) is 32.9 Å². The van der Waals surface area contributed by atoms with Crippen molar-refractivity contribution in [3.63, 3.8) is 0 Å². The van der Waals surface area contributed by atoms with Crippen LogP contribution in [0.15, 0.2) is 52.4 Å². The number of H-pyrrole nitrogens is 1. The van der Waals surface area contributed by atoms with Crippen molar-refractivity contribution in [2.75, 3.05) is 22.1 Å². The molecule has 9 heteroatoms. The fourth-order valence-corrected chi connectivity index (χ4v) is 3.79. The molecular formula is C22H23N5O3S. The molecule has 0 saturated carbocycles. The van der Waals surface area contributed by atoms with Crippen molar-refractivity contribution in [2.24, 2.45) is 0 Å². The van der Waals surface area contributed by atoms with E-state index in [0.717, 1.165) is 34.1 Å². The molecule has 3 rings (SSSR count). The first-order chi connectivity index (χ1) is 14.7. The first kappa shape index (κ1) is 22.1. The highest BCUT2D eigenvalue weighted by Crippen LogP contribution is 2.23. The van der Waals surface area contributed by atoms with Gasteiger partial charge in [-0.1, -0.05) is 47.7 Å². The average Bonchev–Trinajstić information content (AvgIpc) is 2.72. The van der Waals surface area contributed by atoms with E-state index in [1.54, 1.807) is 30.3 Å². The van der Waals surface area contributed by atoms with Crippen LogP contribution >= 0.6 is 11.8 Å². The van der Waals surface area contributed by atoms with Gasteiger partial charge in [0.15, 0.2) is 11.0 Å². The van der Waals surface area contributed by atoms with E-state index in [2.05, 4.69) is 20.6 Å². The molecule has 160 valence electrons. The molecule has 0 fully saturated rings. The smallest absolute Gasteiger partial charge is 0.277 e. The molecule has 8 nitrogen and oxygen atoms in total. The molecule has 1 heterocycles. The Morgan fingerprint density at radius 3 is 2.29 bits per heavy atom. The molecule has 5 N–H and O–H groups in total. The van der Waals surface area contributed by atoms with Gasteiger partial charge in [-0.2, -0.15) is 0 Å². The summed E-state index contributed by atoms with van der Waals surface area (Å²) in [5.74, 6) is -0.794. The quantitative estimate of drug-likeness (QED) is 0.346. The third-order valence-corrected chi connectivity index (χ3v) is 5.35. The van der Waals surface area contributed by atoms with E-state index >= 15 is 0 Å². The lowest BCUT2D eigenvalue weighted by atomic mass is 10.1. The Kier molecular flexibility index (Phi) is 6.76. The molecule has 0 aliphatic rings. The number of hydrogen-bond donors (Lipinski definition) is 4. The lowest BCUT2D eigenvalue weighted by molar-refractivity contribution is -0.113. The maximum atomic E-state index is 12.4. The number of nitrogen functional groups attached to an aromatic ring is 1. The molecule has 0 aliphatic heterocycles. The van der Waals surface area contributed by atoms with Crippen LogP contribution in [0.5, 0.6) is 0 Å². The molecule has 0 atom stereocenters. The van der Waals surface area contributed by atoms with Crippen molar-refractivity contribution in [2.45, 2.75) is 25.9 Å². The number of aromatic nitrogens is 2. The lowest BCUT2D eigenvalue weighted by Gasteiger charge is -2.13. The fraction of sp³-hybridized carbons (Fsp3) is 0.182. The van der Waals surface area contributed by atoms with Gasteiger partial charge in [0.1, 0.15) is 5.69 Å². The van der Waals surface area contributed by atoms with E-state index in [9.17, 15) is 14.4 Å². The van der Waals surface area contributed by atoms with Crippen molar-refractivity contribution in [1.82, 2.24) is 9.97 Å². The van der Waals surface area contributed by atoms with Crippen LogP contribution in [0.3, 0.4) is 0 Å². The fourth-order valence-electron chi connectivity index (χ4n) is 3.12. The van der Waals surface area contributed by atoms with Crippen molar-refractivity contribution in [1.29, 1.82) is 0 Å². The zero-order valence-electron chi connectivity index (χ0n) is 17.4. The number of anilines is 3. The molecule has 0 aliphatic carbocycles. The summed E-state index contributed by atoms with van der Waals surface area (Å²) in [6, 6.07) is 12.4. The highest BCUT2D eigenvalue weighted by molar-refractivity contribution is 7.99. The number of thioether (sulfide) groups is 1. The van der Waals surface area contributed by atoms with E-state index in [-0.39, 0.29) is 28.3 Å². The van der Waals surface area contributed by atoms with Crippen molar-refractivity contribution < 1.29 is 9.59 Å². The number of nitrogens with zero attached hydrogens (tertiary/aromatic N) is 1. The van der Waals surface area contributed by atoms with Gasteiger partial charge in [0.05, 0.1) is 5.75 Å². The number of carbonyl (C=O) groups is 2. The van der Waals surface area contributed by atoms with Crippen LogP contribution in [0.2, 0.25) is 0 Å². The van der Waals surface area contributed by atoms with Crippen LogP contribution in [-0.2, 0) is 4.79 Å². The molecule has 0 bridgehead atoms. The maximum Gasteiger partial charge on any atom is 0.277 e. The monoisotopic (exact) mass is 437 g/mol. The molecule has 3 aromatic rings. The van der Waals surface area contributed by atoms with E-state index in [0.29, 0.717) is 5.56 Å². The Bertz CT molecular complexity index is 1170. The summed E-state index contributed by atoms with van der Waals surface area (Å²) >= 11 is 1.04. The van der Waals surface area contributed by atoms with Gasteiger partial charge in [-0.15, -0.1) is 0 Å². The third-order valence-electron chi connectivity index (χ3n) is 4.48. The molecule has 0 spiro atoms. The van der Waals surface area contributed by atoms with Crippen LogP contribution in [0.25, 0.3) is 0 Å². The van der Waals surface area contributed by atoms with E-state index in [1.165, 1.54) is 0 Å². The summed E-state index contributed by atoms with van der Waals surface area (Å²) in [6.07, 6.45) is 0. The minimum absolute atomic E-state index is 0.0326. The first-order valence-corrected chi connectivity index (χ1v) is 10.5. The summed E-state index contributed by atoms with van der Waals surface area (Å²) < 4.78 is 0. The van der Waals surface area contributed by atoms with E-state index in [4.69, 9.17) is 5.73 Å². The number of hydrogen-bond acceptors (Lipinski definition) is 6. The van der Waals surface area contributed by atoms with Crippen LogP contribution in [0.4, 0.5) is 17.2 Å². The van der Waals surface area contributed by atoms with Crippen LogP contribution in [0, 0.1) is 20.8 Å². The summed E-state index contributed by atoms with van der Waals surface area (Å²) in [5, 5.41) is 5.56. The van der Waals surface area contributed by atoms with Gasteiger partial charge in [-0.05, 0) is 44.0 Å². The predicted molar refractivity (Wildman–Crippen MR) is 124 cm³/mol. The summed E-state index contributed by atoms with van der Waals surface area (Å²) in [6.45, 7) is 5.87. The Balaban J connectivity index is 1.66. The average molecular weight is 438 g/mol. The standard InChI is InChI=1S/C22H23N5O3S/c1-12-9-13(2)17(14(3)10-12)24-16(28)11-31-22-26-19(23)18(21(30)27-22)25-20(29)15-7-5-4-6-8-15/h4-10H,11H2,1-3H3,(H,24,28)(H,25,29)(H3,23,26,27,30). The third kappa shape index (κ3) is 5.52.